The lowest BCUT2D eigenvalue weighted by Gasteiger charge is -2.33. The summed E-state index contributed by atoms with van der Waals surface area (Å²) in [6.45, 7) is 6.91. The van der Waals surface area contributed by atoms with E-state index in [9.17, 15) is 27.2 Å². The van der Waals surface area contributed by atoms with Crippen LogP contribution in [0.3, 0.4) is 0 Å². The lowest BCUT2D eigenvalue weighted by atomic mass is 10.1. The van der Waals surface area contributed by atoms with Gasteiger partial charge in [0.15, 0.2) is 0 Å². The molecule has 0 aliphatic carbocycles. The standard InChI is InChI=1S/C25H30FN3O5S/c1-5-20(23(31)27-25(2,3)4)28(16-17-10-12-18(26)13-11-17)22(30)14-15-29-24(32)19-8-6-7-9-21(19)35(29,33)34/h6-13,20H,5,14-16H2,1-4H3,(H,27,31). The zero-order chi connectivity index (χ0) is 26.0. The van der Waals surface area contributed by atoms with E-state index in [2.05, 4.69) is 5.32 Å². The van der Waals surface area contributed by atoms with Gasteiger partial charge in [0, 0.05) is 25.0 Å². The third-order valence-corrected chi connectivity index (χ3v) is 7.43. The average Bonchev–Trinajstić information content (AvgIpc) is 2.97. The summed E-state index contributed by atoms with van der Waals surface area (Å²) in [5.74, 6) is -1.96. The van der Waals surface area contributed by atoms with E-state index in [0.717, 1.165) is 0 Å². The maximum Gasteiger partial charge on any atom is 0.269 e. The van der Waals surface area contributed by atoms with Gasteiger partial charge in [-0.05, 0) is 57.0 Å². The van der Waals surface area contributed by atoms with Crippen molar-refractivity contribution in [2.24, 2.45) is 0 Å². The summed E-state index contributed by atoms with van der Waals surface area (Å²) in [5, 5.41) is 2.88. The molecular formula is C25H30FN3O5S. The van der Waals surface area contributed by atoms with Crippen LogP contribution in [0.4, 0.5) is 4.39 Å². The van der Waals surface area contributed by atoms with E-state index >= 15 is 0 Å². The fraction of sp³-hybridized carbons (Fsp3) is 0.400. The Bertz CT molecular complexity index is 1220. The van der Waals surface area contributed by atoms with E-state index in [1.807, 2.05) is 20.8 Å². The summed E-state index contributed by atoms with van der Waals surface area (Å²) < 4.78 is 39.8. The van der Waals surface area contributed by atoms with Crippen molar-refractivity contribution in [1.29, 1.82) is 0 Å². The van der Waals surface area contributed by atoms with Crippen LogP contribution in [-0.4, -0.2) is 53.5 Å². The largest absolute Gasteiger partial charge is 0.350 e. The van der Waals surface area contributed by atoms with Crippen LogP contribution in [0, 0.1) is 5.82 Å². The highest BCUT2D eigenvalue weighted by Gasteiger charge is 2.41. The minimum Gasteiger partial charge on any atom is -0.350 e. The minimum absolute atomic E-state index is 0.0239. The lowest BCUT2D eigenvalue weighted by Crippen LogP contribution is -2.53. The monoisotopic (exact) mass is 503 g/mol. The van der Waals surface area contributed by atoms with Crippen molar-refractivity contribution < 1.29 is 27.2 Å². The number of fused-ring (bicyclic) bond motifs is 1. The maximum atomic E-state index is 13.4. The molecular weight excluding hydrogens is 473 g/mol. The Balaban J connectivity index is 1.84. The molecule has 1 N–H and O–H groups in total. The molecule has 3 rings (SSSR count). The average molecular weight is 504 g/mol. The molecule has 0 fully saturated rings. The lowest BCUT2D eigenvalue weighted by molar-refractivity contribution is -0.142. The van der Waals surface area contributed by atoms with Crippen molar-refractivity contribution in [2.75, 3.05) is 6.54 Å². The van der Waals surface area contributed by atoms with Crippen LogP contribution in [0.5, 0.6) is 0 Å². The Morgan fingerprint density at radius 2 is 1.71 bits per heavy atom. The molecule has 0 saturated carbocycles. The first-order valence-electron chi connectivity index (χ1n) is 11.4. The number of hydrogen-bond acceptors (Lipinski definition) is 5. The van der Waals surface area contributed by atoms with E-state index in [0.29, 0.717) is 16.3 Å². The van der Waals surface area contributed by atoms with Crippen molar-refractivity contribution in [3.63, 3.8) is 0 Å². The van der Waals surface area contributed by atoms with Gasteiger partial charge in [-0.2, -0.15) is 0 Å². The van der Waals surface area contributed by atoms with Crippen LogP contribution < -0.4 is 5.32 Å². The molecule has 1 aliphatic rings. The molecule has 8 nitrogen and oxygen atoms in total. The molecule has 1 atom stereocenters. The number of amides is 3. The highest BCUT2D eigenvalue weighted by molar-refractivity contribution is 7.90. The number of carbonyl (C=O) groups is 3. The van der Waals surface area contributed by atoms with Crippen molar-refractivity contribution >= 4 is 27.7 Å². The molecule has 35 heavy (non-hydrogen) atoms. The van der Waals surface area contributed by atoms with Crippen LogP contribution in [0.1, 0.15) is 56.5 Å². The van der Waals surface area contributed by atoms with Gasteiger partial charge in [-0.15, -0.1) is 0 Å². The number of rotatable bonds is 8. The SMILES string of the molecule is CCC(C(=O)NC(C)(C)C)N(Cc1ccc(F)cc1)C(=O)CCN1C(=O)c2ccccc2S1(=O)=O. The number of benzene rings is 2. The van der Waals surface area contributed by atoms with Gasteiger partial charge in [0.25, 0.3) is 15.9 Å². The molecule has 2 aromatic rings. The Morgan fingerprint density at radius 3 is 2.29 bits per heavy atom. The molecule has 0 saturated heterocycles. The second-order valence-corrected chi connectivity index (χ2v) is 11.3. The van der Waals surface area contributed by atoms with Gasteiger partial charge in [-0.1, -0.05) is 31.2 Å². The Kier molecular flexibility index (Phi) is 7.64. The zero-order valence-electron chi connectivity index (χ0n) is 20.2. The predicted molar refractivity (Wildman–Crippen MR) is 128 cm³/mol. The molecule has 0 spiro atoms. The fourth-order valence-corrected chi connectivity index (χ4v) is 5.52. The van der Waals surface area contributed by atoms with Gasteiger partial charge in [0.2, 0.25) is 11.8 Å². The van der Waals surface area contributed by atoms with Gasteiger partial charge >= 0.3 is 0 Å². The molecule has 1 heterocycles. The number of nitrogens with zero attached hydrogens (tertiary/aromatic N) is 2. The van der Waals surface area contributed by atoms with Crippen LogP contribution in [0.2, 0.25) is 0 Å². The fourth-order valence-electron chi connectivity index (χ4n) is 3.95. The maximum absolute atomic E-state index is 13.4. The highest BCUT2D eigenvalue weighted by Crippen LogP contribution is 2.30. The van der Waals surface area contributed by atoms with Crippen molar-refractivity contribution in [1.82, 2.24) is 14.5 Å². The van der Waals surface area contributed by atoms with Crippen molar-refractivity contribution in [3.05, 3.63) is 65.5 Å². The second-order valence-electron chi connectivity index (χ2n) is 9.44. The Hall–Kier alpha value is -3.27. The van der Waals surface area contributed by atoms with Gasteiger partial charge in [0.1, 0.15) is 16.8 Å². The highest BCUT2D eigenvalue weighted by atomic mass is 32.2. The first kappa shape index (κ1) is 26.3. The van der Waals surface area contributed by atoms with Gasteiger partial charge < -0.3 is 10.2 Å². The van der Waals surface area contributed by atoms with Gasteiger partial charge in [-0.25, -0.2) is 17.1 Å². The normalized spacial score (nSPS) is 15.5. The third-order valence-electron chi connectivity index (χ3n) is 5.59. The first-order chi connectivity index (χ1) is 16.3. The topological polar surface area (TPSA) is 104 Å². The molecule has 10 heteroatoms. The molecule has 0 bridgehead atoms. The number of carbonyl (C=O) groups excluding carboxylic acids is 3. The second kappa shape index (κ2) is 10.2. The van der Waals surface area contributed by atoms with Gasteiger partial charge in [-0.3, -0.25) is 14.4 Å². The summed E-state index contributed by atoms with van der Waals surface area (Å²) in [6, 6.07) is 10.6. The van der Waals surface area contributed by atoms with Crippen molar-refractivity contribution in [3.8, 4) is 0 Å². The van der Waals surface area contributed by atoms with E-state index < -0.39 is 39.2 Å². The van der Waals surface area contributed by atoms with Crippen LogP contribution in [-0.2, 0) is 26.2 Å². The van der Waals surface area contributed by atoms with Crippen LogP contribution in [0.15, 0.2) is 53.4 Å². The predicted octanol–water partition coefficient (Wildman–Crippen LogP) is 3.08. The molecule has 188 valence electrons. The Labute approximate surface area is 205 Å². The number of hydrogen-bond donors (Lipinski definition) is 1. The molecule has 2 aromatic carbocycles. The van der Waals surface area contributed by atoms with E-state index in [1.165, 1.54) is 47.4 Å². The Morgan fingerprint density at radius 1 is 1.09 bits per heavy atom. The summed E-state index contributed by atoms with van der Waals surface area (Å²) >= 11 is 0. The van der Waals surface area contributed by atoms with E-state index in [1.54, 1.807) is 13.0 Å². The molecule has 1 unspecified atom stereocenters. The van der Waals surface area contributed by atoms with Crippen LogP contribution >= 0.6 is 0 Å². The number of halogens is 1. The van der Waals surface area contributed by atoms with Crippen molar-refractivity contribution in [2.45, 2.75) is 63.6 Å². The third kappa shape index (κ3) is 5.87. The van der Waals surface area contributed by atoms with Gasteiger partial charge in [0.05, 0.1) is 5.56 Å². The smallest absolute Gasteiger partial charge is 0.269 e. The number of nitrogens with one attached hydrogen (secondary N) is 1. The number of sulfonamides is 1. The molecule has 0 aromatic heterocycles. The summed E-state index contributed by atoms with van der Waals surface area (Å²) in [5.41, 5.74) is 0.148. The molecule has 0 radical (unpaired) electrons. The summed E-state index contributed by atoms with van der Waals surface area (Å²) in [7, 11) is -4.05. The summed E-state index contributed by atoms with van der Waals surface area (Å²) in [6.07, 6.45) is 0.000678. The van der Waals surface area contributed by atoms with E-state index in [-0.39, 0.29) is 35.9 Å². The van der Waals surface area contributed by atoms with Crippen LogP contribution in [0.25, 0.3) is 0 Å². The molecule has 3 amide bonds. The first-order valence-corrected chi connectivity index (χ1v) is 12.8. The quantitative estimate of drug-likeness (QED) is 0.596. The summed E-state index contributed by atoms with van der Waals surface area (Å²) in [4.78, 5) is 40.4. The van der Waals surface area contributed by atoms with E-state index in [4.69, 9.17) is 0 Å². The molecule has 1 aliphatic heterocycles. The zero-order valence-corrected chi connectivity index (χ0v) is 21.1. The minimum atomic E-state index is -4.05.